The van der Waals surface area contributed by atoms with Crippen LogP contribution in [-0.2, 0) is 9.84 Å². The zero-order valence-electron chi connectivity index (χ0n) is 14.6. The number of sulfone groups is 1. The molecule has 0 spiro atoms. The highest BCUT2D eigenvalue weighted by Gasteiger charge is 2.40. The Morgan fingerprint density at radius 2 is 1.90 bits per heavy atom. The Kier molecular flexibility index (Phi) is 6.69. The first-order valence-corrected chi connectivity index (χ1v) is 10.2. The number of rotatable bonds is 7. The Balaban J connectivity index is 2.92. The number of hydrogen-bond donors (Lipinski definition) is 1. The Labute approximate surface area is 131 Å². The van der Waals surface area contributed by atoms with Crippen LogP contribution >= 0.6 is 0 Å². The van der Waals surface area contributed by atoms with Crippen LogP contribution in [0.4, 0.5) is 0 Å². The molecule has 1 N–H and O–H groups in total. The van der Waals surface area contributed by atoms with Gasteiger partial charge in [0, 0.05) is 17.8 Å². The molecule has 3 atom stereocenters. The lowest BCUT2D eigenvalue weighted by Crippen LogP contribution is -2.59. The predicted molar refractivity (Wildman–Crippen MR) is 90.4 cm³/mol. The normalized spacial score (nSPS) is 26.0. The lowest BCUT2D eigenvalue weighted by atomic mass is 9.75. The van der Waals surface area contributed by atoms with E-state index in [-0.39, 0.29) is 10.8 Å². The van der Waals surface area contributed by atoms with E-state index < -0.39 is 9.84 Å². The van der Waals surface area contributed by atoms with Gasteiger partial charge in [-0.05, 0) is 66.1 Å². The molecule has 0 saturated heterocycles. The maximum absolute atomic E-state index is 11.9. The molecular weight excluding hydrogens is 284 g/mol. The molecule has 5 heteroatoms. The van der Waals surface area contributed by atoms with Crippen LogP contribution in [0.25, 0.3) is 0 Å². The smallest absolute Gasteiger partial charge is 0.150 e. The zero-order chi connectivity index (χ0) is 16.3. The van der Waals surface area contributed by atoms with Gasteiger partial charge in [0.05, 0.1) is 5.25 Å². The Hall–Kier alpha value is -0.130. The van der Waals surface area contributed by atoms with Crippen molar-refractivity contribution in [2.45, 2.75) is 69.7 Å². The summed E-state index contributed by atoms with van der Waals surface area (Å²) in [7, 11) is 1.30. The van der Waals surface area contributed by atoms with Crippen molar-refractivity contribution in [2.24, 2.45) is 5.92 Å². The number of nitrogens with zero attached hydrogens (tertiary/aromatic N) is 1. The molecule has 0 heterocycles. The fourth-order valence-corrected chi connectivity index (χ4v) is 4.64. The first kappa shape index (κ1) is 18.9. The second kappa shape index (κ2) is 7.42. The van der Waals surface area contributed by atoms with Crippen LogP contribution in [0.3, 0.4) is 0 Å². The van der Waals surface area contributed by atoms with Crippen molar-refractivity contribution in [3.05, 3.63) is 0 Å². The van der Waals surface area contributed by atoms with Crippen LogP contribution < -0.4 is 5.32 Å². The molecule has 0 aromatic heterocycles. The zero-order valence-corrected chi connectivity index (χ0v) is 15.5. The summed E-state index contributed by atoms with van der Waals surface area (Å²) in [6, 6.07) is 0.331. The Morgan fingerprint density at radius 1 is 1.29 bits per heavy atom. The summed E-state index contributed by atoms with van der Waals surface area (Å²) in [6.07, 6.45) is 6.28. The summed E-state index contributed by atoms with van der Waals surface area (Å²) in [5.41, 5.74) is 0.0131. The van der Waals surface area contributed by atoms with Gasteiger partial charge < -0.3 is 10.2 Å². The van der Waals surface area contributed by atoms with Gasteiger partial charge in [0.25, 0.3) is 0 Å². The Bertz CT molecular complexity index is 418. The monoisotopic (exact) mass is 318 g/mol. The summed E-state index contributed by atoms with van der Waals surface area (Å²) in [5.74, 6) is 0.433. The predicted octanol–water partition coefficient (Wildman–Crippen LogP) is 2.30. The summed E-state index contributed by atoms with van der Waals surface area (Å²) in [6.45, 7) is 7.67. The highest BCUT2D eigenvalue weighted by atomic mass is 32.2. The van der Waals surface area contributed by atoms with Crippen LogP contribution in [0.2, 0.25) is 0 Å². The third kappa shape index (κ3) is 4.93. The third-order valence-corrected chi connectivity index (χ3v) is 6.91. The van der Waals surface area contributed by atoms with Crippen molar-refractivity contribution in [2.75, 3.05) is 26.9 Å². The quantitative estimate of drug-likeness (QED) is 0.782. The summed E-state index contributed by atoms with van der Waals surface area (Å²) >= 11 is 0. The van der Waals surface area contributed by atoms with Gasteiger partial charge >= 0.3 is 0 Å². The summed E-state index contributed by atoms with van der Waals surface area (Å²) < 4.78 is 23.8. The minimum absolute atomic E-state index is 0.0131. The Morgan fingerprint density at radius 3 is 2.38 bits per heavy atom. The second-order valence-corrected chi connectivity index (χ2v) is 9.68. The van der Waals surface area contributed by atoms with Crippen molar-refractivity contribution in [3.8, 4) is 0 Å². The van der Waals surface area contributed by atoms with E-state index in [2.05, 4.69) is 45.1 Å². The molecule has 0 bridgehead atoms. The molecule has 0 aromatic carbocycles. The van der Waals surface area contributed by atoms with Crippen molar-refractivity contribution in [1.82, 2.24) is 10.2 Å². The number of hydrogen-bond acceptors (Lipinski definition) is 4. The highest BCUT2D eigenvalue weighted by molar-refractivity contribution is 7.91. The van der Waals surface area contributed by atoms with Gasteiger partial charge in [0.15, 0.2) is 0 Å². The molecule has 21 heavy (non-hydrogen) atoms. The maximum atomic E-state index is 11.9. The molecule has 0 aromatic rings. The van der Waals surface area contributed by atoms with Gasteiger partial charge in [-0.1, -0.05) is 13.3 Å². The van der Waals surface area contributed by atoms with Gasteiger partial charge in [-0.25, -0.2) is 8.42 Å². The molecule has 0 aliphatic heterocycles. The van der Waals surface area contributed by atoms with E-state index in [1.54, 1.807) is 0 Å². The fourth-order valence-electron chi connectivity index (χ4n) is 3.44. The van der Waals surface area contributed by atoms with Crippen molar-refractivity contribution < 1.29 is 8.42 Å². The molecule has 1 rings (SSSR count). The van der Waals surface area contributed by atoms with Crippen molar-refractivity contribution in [3.63, 3.8) is 0 Å². The van der Waals surface area contributed by atoms with E-state index in [0.717, 1.165) is 38.6 Å². The molecule has 0 radical (unpaired) electrons. The van der Waals surface area contributed by atoms with Gasteiger partial charge in [-0.2, -0.15) is 0 Å². The molecular formula is C16H34N2O2S. The molecule has 1 fully saturated rings. The molecule has 3 unspecified atom stereocenters. The second-order valence-electron chi connectivity index (χ2n) is 7.36. The number of likely N-dealkylation sites (N-methyl/N-ethyl adjacent to an activating group) is 1. The lowest BCUT2D eigenvalue weighted by molar-refractivity contribution is 0.0875. The SMILES string of the molecule is CCCNC(C1CCCC(S(C)(=O)=O)C1)C(C)(C)N(C)C. The van der Waals surface area contributed by atoms with E-state index in [9.17, 15) is 8.42 Å². The van der Waals surface area contributed by atoms with Gasteiger partial charge in [0.1, 0.15) is 9.84 Å². The van der Waals surface area contributed by atoms with E-state index >= 15 is 0 Å². The first-order valence-electron chi connectivity index (χ1n) is 8.20. The lowest BCUT2D eigenvalue weighted by Gasteiger charge is -2.46. The number of nitrogens with one attached hydrogen (secondary N) is 1. The first-order chi connectivity index (χ1) is 9.60. The largest absolute Gasteiger partial charge is 0.312 e. The van der Waals surface area contributed by atoms with E-state index in [4.69, 9.17) is 0 Å². The third-order valence-electron chi connectivity index (χ3n) is 5.27. The molecule has 1 aliphatic carbocycles. The van der Waals surface area contributed by atoms with Gasteiger partial charge in [-0.15, -0.1) is 0 Å². The van der Waals surface area contributed by atoms with Crippen LogP contribution in [0.5, 0.6) is 0 Å². The van der Waals surface area contributed by atoms with Crippen LogP contribution in [-0.4, -0.2) is 57.0 Å². The van der Waals surface area contributed by atoms with Crippen molar-refractivity contribution >= 4 is 9.84 Å². The maximum Gasteiger partial charge on any atom is 0.150 e. The van der Waals surface area contributed by atoms with Gasteiger partial charge in [0.2, 0.25) is 0 Å². The minimum atomic E-state index is -2.92. The molecule has 4 nitrogen and oxygen atoms in total. The molecule has 126 valence electrons. The van der Waals surface area contributed by atoms with Gasteiger partial charge in [-0.3, -0.25) is 0 Å². The average molecular weight is 319 g/mol. The molecule has 0 amide bonds. The molecule has 1 saturated carbocycles. The molecule has 1 aliphatic rings. The minimum Gasteiger partial charge on any atom is -0.312 e. The summed E-state index contributed by atoms with van der Waals surface area (Å²) in [5, 5.41) is 3.54. The van der Waals surface area contributed by atoms with Crippen molar-refractivity contribution in [1.29, 1.82) is 0 Å². The van der Waals surface area contributed by atoms with Crippen LogP contribution in [0.15, 0.2) is 0 Å². The summed E-state index contributed by atoms with van der Waals surface area (Å²) in [4.78, 5) is 2.25. The highest BCUT2D eigenvalue weighted by Crippen LogP contribution is 2.35. The topological polar surface area (TPSA) is 49.4 Å². The van der Waals surface area contributed by atoms with Crippen LogP contribution in [0.1, 0.15) is 52.9 Å². The van der Waals surface area contributed by atoms with E-state index in [0.29, 0.717) is 12.0 Å². The van der Waals surface area contributed by atoms with E-state index in [1.165, 1.54) is 6.26 Å². The average Bonchev–Trinajstić information content (AvgIpc) is 2.38. The van der Waals surface area contributed by atoms with E-state index in [1.807, 2.05) is 0 Å². The standard InChI is InChI=1S/C16H34N2O2S/c1-7-11-17-15(16(2,3)18(4)5)13-9-8-10-14(12-13)21(6,19)20/h13-15,17H,7-12H2,1-6H3. The fraction of sp³-hybridized carbons (Fsp3) is 1.00. The van der Waals surface area contributed by atoms with Crippen LogP contribution in [0, 0.1) is 5.92 Å².